The summed E-state index contributed by atoms with van der Waals surface area (Å²) in [5.41, 5.74) is 3.21. The van der Waals surface area contributed by atoms with Crippen molar-refractivity contribution in [2.24, 2.45) is 0 Å². The van der Waals surface area contributed by atoms with Gasteiger partial charge in [-0.15, -0.1) is 0 Å². The molecule has 1 aromatic heterocycles. The molecule has 0 spiro atoms. The predicted molar refractivity (Wildman–Crippen MR) is 93.5 cm³/mol. The maximum atomic E-state index is 6.33. The minimum atomic E-state index is -0.850. The van der Waals surface area contributed by atoms with E-state index in [2.05, 4.69) is 29.1 Å². The van der Waals surface area contributed by atoms with Gasteiger partial charge in [0.2, 0.25) is 0 Å². The number of nitrogens with zero attached hydrogens (tertiary/aromatic N) is 2. The molecule has 0 radical (unpaired) electrons. The van der Waals surface area contributed by atoms with Gasteiger partial charge in [0.15, 0.2) is 11.5 Å². The van der Waals surface area contributed by atoms with Crippen LogP contribution in [-0.2, 0) is 5.79 Å². The molecular formula is C20H24N2O2. The van der Waals surface area contributed by atoms with Gasteiger partial charge < -0.3 is 14.4 Å². The summed E-state index contributed by atoms with van der Waals surface area (Å²) in [7, 11) is 2.19. The molecule has 126 valence electrons. The molecule has 1 fully saturated rings. The van der Waals surface area contributed by atoms with Crippen LogP contribution in [-0.4, -0.2) is 30.0 Å². The van der Waals surface area contributed by atoms with Crippen molar-refractivity contribution < 1.29 is 9.47 Å². The molecule has 1 saturated heterocycles. The van der Waals surface area contributed by atoms with Crippen molar-refractivity contribution in [2.45, 2.75) is 38.4 Å². The molecule has 3 heterocycles. The van der Waals surface area contributed by atoms with Crippen molar-refractivity contribution in [2.75, 3.05) is 20.1 Å². The minimum Gasteiger partial charge on any atom is -0.443 e. The molecule has 4 nitrogen and oxygen atoms in total. The summed E-state index contributed by atoms with van der Waals surface area (Å²) in [5.74, 6) is 1.42. The number of hydrogen-bond acceptors (Lipinski definition) is 4. The van der Waals surface area contributed by atoms with E-state index in [-0.39, 0.29) is 0 Å². The first-order chi connectivity index (χ1) is 11.5. The first kappa shape index (κ1) is 15.5. The topological polar surface area (TPSA) is 34.6 Å². The number of aromatic nitrogens is 1. The Kier molecular flexibility index (Phi) is 3.72. The summed E-state index contributed by atoms with van der Waals surface area (Å²) in [6, 6.07) is 10.3. The summed E-state index contributed by atoms with van der Waals surface area (Å²) in [5, 5.41) is 0. The first-order valence-corrected chi connectivity index (χ1v) is 8.68. The van der Waals surface area contributed by atoms with Crippen molar-refractivity contribution in [3.8, 4) is 11.5 Å². The van der Waals surface area contributed by atoms with Gasteiger partial charge in [0.25, 0.3) is 5.79 Å². The Morgan fingerprint density at radius 2 is 1.92 bits per heavy atom. The number of pyridine rings is 1. The van der Waals surface area contributed by atoms with Crippen molar-refractivity contribution in [1.82, 2.24) is 9.88 Å². The van der Waals surface area contributed by atoms with Gasteiger partial charge in [-0.25, -0.2) is 0 Å². The Balaban J connectivity index is 1.64. The SMILES string of the molecule is Cc1ccc(C2(C)Oc3cccc(C4CCN(C)CC4)c3O2)nc1. The van der Waals surface area contributed by atoms with E-state index in [4.69, 9.17) is 9.47 Å². The Labute approximate surface area is 143 Å². The van der Waals surface area contributed by atoms with Gasteiger partial charge >= 0.3 is 0 Å². The van der Waals surface area contributed by atoms with Crippen LogP contribution in [0.5, 0.6) is 11.5 Å². The van der Waals surface area contributed by atoms with Crippen molar-refractivity contribution in [1.29, 1.82) is 0 Å². The Hall–Kier alpha value is -2.07. The van der Waals surface area contributed by atoms with Crippen LogP contribution in [0, 0.1) is 6.92 Å². The fourth-order valence-electron chi connectivity index (χ4n) is 3.63. The Bertz CT molecular complexity index is 736. The number of piperidine rings is 1. The molecule has 2 aliphatic heterocycles. The molecule has 2 aromatic rings. The molecule has 0 bridgehead atoms. The van der Waals surface area contributed by atoms with E-state index in [0.717, 1.165) is 48.7 Å². The lowest BCUT2D eigenvalue weighted by atomic mass is 9.89. The van der Waals surface area contributed by atoms with Crippen LogP contribution in [0.4, 0.5) is 0 Å². The molecule has 4 heteroatoms. The van der Waals surface area contributed by atoms with Crippen LogP contribution in [0.25, 0.3) is 0 Å². The van der Waals surface area contributed by atoms with Crippen LogP contribution >= 0.6 is 0 Å². The van der Waals surface area contributed by atoms with Gasteiger partial charge in [0, 0.05) is 18.7 Å². The smallest absolute Gasteiger partial charge is 0.292 e. The fraction of sp³-hybridized carbons (Fsp3) is 0.450. The van der Waals surface area contributed by atoms with Crippen LogP contribution < -0.4 is 9.47 Å². The molecule has 1 aromatic carbocycles. The normalized spacial score (nSPS) is 24.3. The highest BCUT2D eigenvalue weighted by Crippen LogP contribution is 2.48. The quantitative estimate of drug-likeness (QED) is 0.840. The van der Waals surface area contributed by atoms with Crippen LogP contribution in [0.15, 0.2) is 36.5 Å². The first-order valence-electron chi connectivity index (χ1n) is 8.68. The molecule has 0 saturated carbocycles. The van der Waals surface area contributed by atoms with Crippen LogP contribution in [0.3, 0.4) is 0 Å². The Morgan fingerprint density at radius 3 is 2.62 bits per heavy atom. The summed E-state index contributed by atoms with van der Waals surface area (Å²) in [6.45, 7) is 6.24. The van der Waals surface area contributed by atoms with E-state index >= 15 is 0 Å². The number of benzene rings is 1. The molecule has 0 aliphatic carbocycles. The van der Waals surface area contributed by atoms with Gasteiger partial charge in [-0.05, 0) is 63.5 Å². The van der Waals surface area contributed by atoms with E-state index < -0.39 is 5.79 Å². The molecular weight excluding hydrogens is 300 g/mol. The summed E-state index contributed by atoms with van der Waals surface area (Å²) in [6.07, 6.45) is 4.18. The predicted octanol–water partition coefficient (Wildman–Crippen LogP) is 3.84. The third-order valence-electron chi connectivity index (χ3n) is 5.15. The molecule has 0 amide bonds. The molecule has 0 N–H and O–H groups in total. The third-order valence-corrected chi connectivity index (χ3v) is 5.15. The van der Waals surface area contributed by atoms with Gasteiger partial charge in [-0.2, -0.15) is 0 Å². The summed E-state index contributed by atoms with van der Waals surface area (Å²) >= 11 is 0. The lowest BCUT2D eigenvalue weighted by molar-refractivity contribution is -0.0722. The van der Waals surface area contributed by atoms with E-state index in [1.807, 2.05) is 38.2 Å². The zero-order valence-electron chi connectivity index (χ0n) is 14.6. The number of ether oxygens (including phenoxy) is 2. The Morgan fingerprint density at radius 1 is 1.12 bits per heavy atom. The standard InChI is InChI=1S/C20H24N2O2/c1-14-7-8-18(21-13-14)20(2)23-17-6-4-5-16(19(17)24-20)15-9-11-22(3)12-10-15/h4-8,13,15H,9-12H2,1-3H3. The van der Waals surface area contributed by atoms with Crippen molar-refractivity contribution in [3.05, 3.63) is 53.3 Å². The van der Waals surface area contributed by atoms with Crippen LogP contribution in [0.2, 0.25) is 0 Å². The number of aryl methyl sites for hydroxylation is 1. The average Bonchev–Trinajstić information content (AvgIpc) is 2.93. The van der Waals surface area contributed by atoms with Gasteiger partial charge in [-0.3, -0.25) is 4.98 Å². The second-order valence-corrected chi connectivity index (χ2v) is 7.12. The molecule has 4 rings (SSSR count). The number of likely N-dealkylation sites (tertiary alicyclic amines) is 1. The lowest BCUT2D eigenvalue weighted by Gasteiger charge is -2.30. The zero-order valence-corrected chi connectivity index (χ0v) is 14.6. The maximum absolute atomic E-state index is 6.33. The maximum Gasteiger partial charge on any atom is 0.292 e. The van der Waals surface area contributed by atoms with E-state index in [1.54, 1.807) is 0 Å². The highest BCUT2D eigenvalue weighted by molar-refractivity contribution is 5.51. The minimum absolute atomic E-state index is 0.535. The second-order valence-electron chi connectivity index (χ2n) is 7.12. The lowest BCUT2D eigenvalue weighted by Crippen LogP contribution is -2.33. The second kappa shape index (κ2) is 5.78. The average molecular weight is 324 g/mol. The number of hydrogen-bond donors (Lipinski definition) is 0. The number of rotatable bonds is 2. The zero-order chi connectivity index (χ0) is 16.7. The van der Waals surface area contributed by atoms with Gasteiger partial charge in [0.05, 0.1) is 0 Å². The summed E-state index contributed by atoms with van der Waals surface area (Å²) < 4.78 is 12.5. The molecule has 1 unspecified atom stereocenters. The van der Waals surface area contributed by atoms with Gasteiger partial charge in [-0.1, -0.05) is 18.2 Å². The van der Waals surface area contributed by atoms with Crippen LogP contribution in [0.1, 0.15) is 42.5 Å². The van der Waals surface area contributed by atoms with E-state index in [1.165, 1.54) is 5.56 Å². The van der Waals surface area contributed by atoms with Crippen molar-refractivity contribution >= 4 is 0 Å². The summed E-state index contributed by atoms with van der Waals surface area (Å²) in [4.78, 5) is 6.90. The monoisotopic (exact) mass is 324 g/mol. The van der Waals surface area contributed by atoms with E-state index in [0.29, 0.717) is 5.92 Å². The molecule has 2 aliphatic rings. The van der Waals surface area contributed by atoms with Gasteiger partial charge in [0.1, 0.15) is 5.69 Å². The van der Waals surface area contributed by atoms with E-state index in [9.17, 15) is 0 Å². The highest BCUT2D eigenvalue weighted by Gasteiger charge is 2.42. The highest BCUT2D eigenvalue weighted by atomic mass is 16.7. The molecule has 1 atom stereocenters. The third kappa shape index (κ3) is 2.65. The number of fused-ring (bicyclic) bond motifs is 1. The largest absolute Gasteiger partial charge is 0.443 e. The fourth-order valence-corrected chi connectivity index (χ4v) is 3.63. The number of para-hydroxylation sites is 1. The van der Waals surface area contributed by atoms with Crippen molar-refractivity contribution in [3.63, 3.8) is 0 Å². The molecule has 24 heavy (non-hydrogen) atoms.